The molecule has 0 rings (SSSR count). The number of nitrogens with one attached hydrogen (secondary N) is 1. The molecule has 55 heavy (non-hydrogen) atoms. The second-order valence-electron chi connectivity index (χ2n) is 16.2. The van der Waals surface area contributed by atoms with Crippen molar-refractivity contribution in [2.45, 2.75) is 245 Å². The van der Waals surface area contributed by atoms with Crippen molar-refractivity contribution in [1.82, 2.24) is 10.2 Å². The number of halogens is 1. The van der Waals surface area contributed by atoms with Gasteiger partial charge in [-0.1, -0.05) is 172 Å². The summed E-state index contributed by atoms with van der Waals surface area (Å²) < 4.78 is 12.7. The summed E-state index contributed by atoms with van der Waals surface area (Å²) in [5.41, 5.74) is 0. The van der Waals surface area contributed by atoms with Crippen LogP contribution in [0, 0.1) is 0 Å². The number of ether oxygens (including phenoxy) is 2. The molecule has 0 spiro atoms. The molecular weight excluding hydrogens is 799 g/mol. The predicted octanol–water partition coefficient (Wildman–Crippen LogP) is 13.6. The number of unbranched alkanes of at least 4 members (excludes halogenated alkanes) is 23. The van der Waals surface area contributed by atoms with E-state index in [4.69, 9.17) is 9.47 Å². The zero-order valence-corrected chi connectivity index (χ0v) is 38.9. The van der Waals surface area contributed by atoms with E-state index in [1.54, 1.807) is 0 Å². The van der Waals surface area contributed by atoms with Gasteiger partial charge in [0.05, 0.1) is 6.61 Å². The zero-order chi connectivity index (χ0) is 40.3. The highest BCUT2D eigenvalue weighted by molar-refractivity contribution is 14.1. The van der Waals surface area contributed by atoms with Crippen molar-refractivity contribution in [3.63, 3.8) is 0 Å². The normalized spacial score (nSPS) is 11.9. The van der Waals surface area contributed by atoms with E-state index in [1.165, 1.54) is 139 Å². The number of amides is 1. The van der Waals surface area contributed by atoms with E-state index in [1.807, 2.05) is 6.92 Å². The fourth-order valence-corrected chi connectivity index (χ4v) is 7.77. The van der Waals surface area contributed by atoms with Crippen LogP contribution < -0.4 is 5.32 Å². The third-order valence-corrected chi connectivity index (χ3v) is 11.6. The van der Waals surface area contributed by atoms with Gasteiger partial charge in [0.15, 0.2) is 0 Å². The summed E-state index contributed by atoms with van der Waals surface area (Å²) >= 11 is 2.47. The zero-order valence-electron chi connectivity index (χ0n) is 36.7. The summed E-state index contributed by atoms with van der Waals surface area (Å²) in [6, 6.07) is 0. The minimum atomic E-state index is -0.0293. The van der Waals surface area contributed by atoms with Crippen LogP contribution >= 0.6 is 22.6 Å². The van der Waals surface area contributed by atoms with Gasteiger partial charge in [0.25, 0.3) is 0 Å². The highest BCUT2D eigenvalue weighted by Crippen LogP contribution is 2.18. The van der Waals surface area contributed by atoms with E-state index in [0.717, 1.165) is 90.4 Å². The molecule has 0 aromatic heterocycles. The SMILES string of the molecule is CCCCCCCCCOC(=O)CCCCCCCN(CCCCCCCC(=O)OC(CCCCCCCC)CCCCCCCI)CCCNC(=O)CC. The molecule has 0 aliphatic rings. The molecule has 0 fully saturated rings. The number of hydrogen-bond donors (Lipinski definition) is 1. The summed E-state index contributed by atoms with van der Waals surface area (Å²) in [4.78, 5) is 39.1. The molecule has 1 amide bonds. The second-order valence-corrected chi connectivity index (χ2v) is 17.3. The third kappa shape index (κ3) is 41.1. The van der Waals surface area contributed by atoms with Gasteiger partial charge in [0, 0.05) is 25.8 Å². The average Bonchev–Trinajstić information content (AvgIpc) is 3.18. The molecule has 0 aromatic rings. The fourth-order valence-electron chi connectivity index (χ4n) is 7.23. The van der Waals surface area contributed by atoms with E-state index >= 15 is 0 Å². The molecule has 1 unspecified atom stereocenters. The minimum Gasteiger partial charge on any atom is -0.466 e. The summed E-state index contributed by atoms with van der Waals surface area (Å²) in [7, 11) is 0. The van der Waals surface area contributed by atoms with E-state index < -0.39 is 0 Å². The Balaban J connectivity index is 4.29. The number of hydrogen-bond acceptors (Lipinski definition) is 6. The first-order chi connectivity index (χ1) is 27.0. The Morgan fingerprint density at radius 1 is 0.509 bits per heavy atom. The van der Waals surface area contributed by atoms with Gasteiger partial charge in [-0.2, -0.15) is 0 Å². The number of rotatable bonds is 44. The van der Waals surface area contributed by atoms with Crippen LogP contribution in [0.15, 0.2) is 0 Å². The van der Waals surface area contributed by atoms with Gasteiger partial charge in [0.2, 0.25) is 5.91 Å². The molecule has 0 bridgehead atoms. The Morgan fingerprint density at radius 2 is 0.945 bits per heavy atom. The lowest BCUT2D eigenvalue weighted by Gasteiger charge is -2.22. The van der Waals surface area contributed by atoms with Gasteiger partial charge < -0.3 is 19.7 Å². The fraction of sp³-hybridized carbons (Fsp3) is 0.936. The Hall–Kier alpha value is -0.900. The van der Waals surface area contributed by atoms with Gasteiger partial charge >= 0.3 is 11.9 Å². The molecule has 326 valence electrons. The van der Waals surface area contributed by atoms with Crippen molar-refractivity contribution in [3.05, 3.63) is 0 Å². The van der Waals surface area contributed by atoms with Gasteiger partial charge in [-0.25, -0.2) is 0 Å². The first-order valence-corrected chi connectivity index (χ1v) is 25.4. The quantitative estimate of drug-likeness (QED) is 0.0284. The molecular formula is C47H91IN2O5. The average molecular weight is 891 g/mol. The predicted molar refractivity (Wildman–Crippen MR) is 243 cm³/mol. The second kappa shape index (κ2) is 44.2. The van der Waals surface area contributed by atoms with Gasteiger partial charge in [-0.15, -0.1) is 0 Å². The van der Waals surface area contributed by atoms with E-state index in [0.29, 0.717) is 25.9 Å². The smallest absolute Gasteiger partial charge is 0.306 e. The number of alkyl halides is 1. The molecule has 0 aliphatic carbocycles. The van der Waals surface area contributed by atoms with Crippen molar-refractivity contribution in [2.75, 3.05) is 37.2 Å². The van der Waals surface area contributed by atoms with Gasteiger partial charge in [-0.3, -0.25) is 14.4 Å². The van der Waals surface area contributed by atoms with Crippen LogP contribution in [0.25, 0.3) is 0 Å². The van der Waals surface area contributed by atoms with E-state index in [2.05, 4.69) is 46.7 Å². The Labute approximate surface area is 355 Å². The Kier molecular flexibility index (Phi) is 43.5. The number of carbonyl (C=O) groups is 3. The van der Waals surface area contributed by atoms with E-state index in [-0.39, 0.29) is 23.9 Å². The molecule has 0 aromatic carbocycles. The van der Waals surface area contributed by atoms with Crippen molar-refractivity contribution >= 4 is 40.4 Å². The minimum absolute atomic E-state index is 0.0148. The van der Waals surface area contributed by atoms with Gasteiger partial charge in [0.1, 0.15) is 6.10 Å². The summed E-state index contributed by atoms with van der Waals surface area (Å²) in [5, 5.41) is 3.02. The standard InChI is InChI=1S/C47H91IN2O5/c1-4-7-9-11-13-24-32-43-54-46(52)36-27-19-15-22-30-40-50(42-33-39-49-45(51)6-3)41-31-23-16-20-28-37-47(53)55-44(34-25-17-12-10-8-5-2)35-26-18-14-21-29-38-48/h44H,4-43H2,1-3H3,(H,49,51). The van der Waals surface area contributed by atoms with Crippen molar-refractivity contribution < 1.29 is 23.9 Å². The van der Waals surface area contributed by atoms with Crippen molar-refractivity contribution in [1.29, 1.82) is 0 Å². The van der Waals surface area contributed by atoms with Crippen LogP contribution in [0.5, 0.6) is 0 Å². The molecule has 0 radical (unpaired) electrons. The summed E-state index contributed by atoms with van der Waals surface area (Å²) in [6.07, 6.45) is 38.5. The lowest BCUT2D eigenvalue weighted by molar-refractivity contribution is -0.150. The van der Waals surface area contributed by atoms with Crippen molar-refractivity contribution in [2.24, 2.45) is 0 Å². The Bertz CT molecular complexity index is 828. The van der Waals surface area contributed by atoms with Crippen molar-refractivity contribution in [3.8, 4) is 0 Å². The number of nitrogens with zero attached hydrogens (tertiary/aromatic N) is 1. The first kappa shape index (κ1) is 54.1. The Morgan fingerprint density at radius 3 is 1.47 bits per heavy atom. The van der Waals surface area contributed by atoms with Crippen LogP contribution in [0.3, 0.4) is 0 Å². The summed E-state index contributed by atoms with van der Waals surface area (Å²) in [5.74, 6) is 0.113. The largest absolute Gasteiger partial charge is 0.466 e. The van der Waals surface area contributed by atoms with E-state index in [9.17, 15) is 14.4 Å². The topological polar surface area (TPSA) is 84.9 Å². The lowest BCUT2D eigenvalue weighted by Crippen LogP contribution is -2.31. The molecule has 8 heteroatoms. The summed E-state index contributed by atoms with van der Waals surface area (Å²) in [6.45, 7) is 10.9. The molecule has 0 saturated carbocycles. The maximum absolute atomic E-state index is 12.8. The third-order valence-electron chi connectivity index (χ3n) is 10.9. The highest BCUT2D eigenvalue weighted by Gasteiger charge is 2.14. The van der Waals surface area contributed by atoms with Crippen LogP contribution in [-0.2, 0) is 23.9 Å². The van der Waals surface area contributed by atoms with Gasteiger partial charge in [-0.05, 0) is 94.7 Å². The molecule has 0 saturated heterocycles. The number of carbonyl (C=O) groups excluding carboxylic acids is 3. The maximum atomic E-state index is 12.8. The molecule has 0 aliphatic heterocycles. The van der Waals surface area contributed by atoms with Crippen LogP contribution in [0.2, 0.25) is 0 Å². The monoisotopic (exact) mass is 891 g/mol. The molecule has 7 nitrogen and oxygen atoms in total. The first-order valence-electron chi connectivity index (χ1n) is 23.9. The lowest BCUT2D eigenvalue weighted by atomic mass is 10.0. The van der Waals surface area contributed by atoms with Crippen LogP contribution in [0.1, 0.15) is 239 Å². The molecule has 0 heterocycles. The maximum Gasteiger partial charge on any atom is 0.306 e. The van der Waals surface area contributed by atoms with Crippen LogP contribution in [-0.4, -0.2) is 66.1 Å². The highest BCUT2D eigenvalue weighted by atomic mass is 127. The number of esters is 2. The molecule has 1 atom stereocenters. The molecule has 1 N–H and O–H groups in total. The van der Waals surface area contributed by atoms with Crippen LogP contribution in [0.4, 0.5) is 0 Å².